The average molecular weight is 445 g/mol. The van der Waals surface area contributed by atoms with Crippen LogP contribution in [0.25, 0.3) is 17.1 Å². The molecule has 2 aromatic carbocycles. The number of carbonyl (C=O) groups excluding carboxylic acids is 1. The second kappa shape index (κ2) is 10.4. The molecule has 0 bridgehead atoms. The molecular weight excluding hydrogens is 424 g/mol. The van der Waals surface area contributed by atoms with E-state index in [1.807, 2.05) is 65.2 Å². The van der Waals surface area contributed by atoms with E-state index in [4.69, 9.17) is 4.74 Å². The number of thioether (sulfide) groups is 1. The number of ether oxygens (including phenoxy) is 1. The molecule has 8 nitrogen and oxygen atoms in total. The van der Waals surface area contributed by atoms with Gasteiger partial charge in [-0.3, -0.25) is 14.3 Å². The molecule has 0 saturated carbocycles. The molecule has 2 aromatic heterocycles. The van der Waals surface area contributed by atoms with Crippen LogP contribution in [0.2, 0.25) is 0 Å². The van der Waals surface area contributed by atoms with Gasteiger partial charge in [-0.1, -0.05) is 48.2 Å². The monoisotopic (exact) mass is 444 g/mol. The fourth-order valence-electron chi connectivity index (χ4n) is 2.90. The zero-order valence-corrected chi connectivity index (χ0v) is 18.1. The van der Waals surface area contributed by atoms with Crippen molar-refractivity contribution in [2.45, 2.75) is 5.16 Å². The van der Waals surface area contributed by atoms with Crippen molar-refractivity contribution in [3.63, 3.8) is 0 Å². The number of hydrazone groups is 1. The smallest absolute Gasteiger partial charge is 0.250 e. The fraction of sp³-hybridized carbons (Fsp3) is 0.0870. The molecule has 1 amide bonds. The Hall–Kier alpha value is -3.98. The summed E-state index contributed by atoms with van der Waals surface area (Å²) in [6.07, 6.45) is 4.88. The van der Waals surface area contributed by atoms with E-state index in [1.54, 1.807) is 31.8 Å². The van der Waals surface area contributed by atoms with Gasteiger partial charge in [-0.05, 0) is 30.3 Å². The molecule has 4 rings (SSSR count). The summed E-state index contributed by atoms with van der Waals surface area (Å²) >= 11 is 1.28. The highest BCUT2D eigenvalue weighted by Crippen LogP contribution is 2.28. The van der Waals surface area contributed by atoms with Crippen molar-refractivity contribution in [2.75, 3.05) is 12.9 Å². The van der Waals surface area contributed by atoms with E-state index in [0.29, 0.717) is 11.0 Å². The van der Waals surface area contributed by atoms with Gasteiger partial charge >= 0.3 is 0 Å². The van der Waals surface area contributed by atoms with Crippen LogP contribution in [0.1, 0.15) is 5.56 Å². The fourth-order valence-corrected chi connectivity index (χ4v) is 3.64. The third kappa shape index (κ3) is 5.19. The van der Waals surface area contributed by atoms with E-state index in [9.17, 15) is 4.79 Å². The van der Waals surface area contributed by atoms with Gasteiger partial charge in [0.1, 0.15) is 5.75 Å². The van der Waals surface area contributed by atoms with Crippen LogP contribution in [0.15, 0.2) is 89.4 Å². The van der Waals surface area contributed by atoms with Crippen LogP contribution in [-0.2, 0) is 4.79 Å². The van der Waals surface area contributed by atoms with Crippen molar-refractivity contribution in [1.82, 2.24) is 25.2 Å². The number of pyridine rings is 1. The van der Waals surface area contributed by atoms with Crippen molar-refractivity contribution >= 4 is 23.9 Å². The number of rotatable bonds is 8. The highest BCUT2D eigenvalue weighted by molar-refractivity contribution is 7.99. The quantitative estimate of drug-likeness (QED) is 0.254. The van der Waals surface area contributed by atoms with E-state index in [0.717, 1.165) is 22.6 Å². The summed E-state index contributed by atoms with van der Waals surface area (Å²) in [5, 5.41) is 13.3. The molecule has 2 heterocycles. The Kier molecular flexibility index (Phi) is 6.88. The normalized spacial score (nSPS) is 10.9. The number of amides is 1. The molecule has 0 radical (unpaired) electrons. The first kappa shape index (κ1) is 21.3. The van der Waals surface area contributed by atoms with E-state index in [2.05, 4.69) is 25.7 Å². The van der Waals surface area contributed by atoms with Crippen LogP contribution >= 0.6 is 11.8 Å². The van der Waals surface area contributed by atoms with Gasteiger partial charge < -0.3 is 4.74 Å². The number of aromatic nitrogens is 4. The summed E-state index contributed by atoms with van der Waals surface area (Å²) in [6.45, 7) is 0. The lowest BCUT2D eigenvalue weighted by Gasteiger charge is -2.11. The van der Waals surface area contributed by atoms with Gasteiger partial charge in [0.15, 0.2) is 11.0 Å². The number of hydrogen-bond donors (Lipinski definition) is 1. The molecule has 4 aromatic rings. The maximum Gasteiger partial charge on any atom is 0.250 e. The Balaban J connectivity index is 1.52. The van der Waals surface area contributed by atoms with E-state index in [-0.39, 0.29) is 11.7 Å². The number of nitrogens with zero attached hydrogens (tertiary/aromatic N) is 5. The Labute approximate surface area is 189 Å². The van der Waals surface area contributed by atoms with Gasteiger partial charge in [-0.2, -0.15) is 5.10 Å². The molecule has 32 heavy (non-hydrogen) atoms. The first-order valence-corrected chi connectivity index (χ1v) is 10.7. The molecule has 0 unspecified atom stereocenters. The Morgan fingerprint density at radius 3 is 2.62 bits per heavy atom. The van der Waals surface area contributed by atoms with E-state index < -0.39 is 0 Å². The molecule has 160 valence electrons. The Bertz CT molecular complexity index is 1190. The van der Waals surface area contributed by atoms with Gasteiger partial charge in [0.25, 0.3) is 5.91 Å². The lowest BCUT2D eigenvalue weighted by molar-refractivity contribution is -0.118. The second-order valence-corrected chi connectivity index (χ2v) is 7.52. The third-order valence-electron chi connectivity index (χ3n) is 4.42. The first-order chi connectivity index (χ1) is 15.7. The number of carbonyl (C=O) groups is 1. The van der Waals surface area contributed by atoms with Crippen molar-refractivity contribution in [3.8, 4) is 22.8 Å². The molecule has 0 aliphatic carbocycles. The molecule has 0 atom stereocenters. The molecule has 0 spiro atoms. The van der Waals surface area contributed by atoms with Gasteiger partial charge in [0.2, 0.25) is 0 Å². The van der Waals surface area contributed by atoms with Gasteiger partial charge in [0.05, 0.1) is 19.1 Å². The van der Waals surface area contributed by atoms with Gasteiger partial charge in [0, 0.05) is 29.2 Å². The number of benzene rings is 2. The predicted molar refractivity (Wildman–Crippen MR) is 124 cm³/mol. The molecule has 1 N–H and O–H groups in total. The van der Waals surface area contributed by atoms with Crippen LogP contribution in [0.4, 0.5) is 0 Å². The minimum absolute atomic E-state index is 0.132. The van der Waals surface area contributed by atoms with Crippen LogP contribution in [0, 0.1) is 0 Å². The van der Waals surface area contributed by atoms with Crippen LogP contribution in [0.3, 0.4) is 0 Å². The summed E-state index contributed by atoms with van der Waals surface area (Å²) < 4.78 is 7.19. The average Bonchev–Trinajstić information content (AvgIpc) is 3.28. The van der Waals surface area contributed by atoms with E-state index in [1.165, 1.54) is 11.8 Å². The minimum Gasteiger partial charge on any atom is -0.497 e. The summed E-state index contributed by atoms with van der Waals surface area (Å²) in [5.74, 6) is 1.32. The molecule has 9 heteroatoms. The molecule has 0 aliphatic rings. The lowest BCUT2D eigenvalue weighted by Crippen LogP contribution is -2.20. The van der Waals surface area contributed by atoms with Crippen molar-refractivity contribution in [2.24, 2.45) is 5.10 Å². The van der Waals surface area contributed by atoms with Crippen molar-refractivity contribution in [3.05, 3.63) is 84.7 Å². The van der Waals surface area contributed by atoms with Crippen LogP contribution in [-0.4, -0.2) is 44.7 Å². The summed E-state index contributed by atoms with van der Waals surface area (Å²) in [6, 6.07) is 21.0. The molecule has 0 fully saturated rings. The number of hydrogen-bond acceptors (Lipinski definition) is 7. The second-order valence-electron chi connectivity index (χ2n) is 6.57. The minimum atomic E-state index is -0.249. The summed E-state index contributed by atoms with van der Waals surface area (Å²) in [4.78, 5) is 16.3. The molecule has 0 aliphatic heterocycles. The zero-order chi connectivity index (χ0) is 22.2. The molecular formula is C23H20N6O2S. The van der Waals surface area contributed by atoms with Crippen LogP contribution in [0.5, 0.6) is 5.75 Å². The van der Waals surface area contributed by atoms with Crippen molar-refractivity contribution < 1.29 is 9.53 Å². The predicted octanol–water partition coefficient (Wildman–Crippen LogP) is 3.58. The summed E-state index contributed by atoms with van der Waals surface area (Å²) in [5.41, 5.74) is 5.11. The lowest BCUT2D eigenvalue weighted by atomic mass is 10.2. The third-order valence-corrected chi connectivity index (χ3v) is 5.34. The highest BCUT2D eigenvalue weighted by Gasteiger charge is 2.17. The van der Waals surface area contributed by atoms with Gasteiger partial charge in [-0.25, -0.2) is 5.43 Å². The topological polar surface area (TPSA) is 94.3 Å². The maximum atomic E-state index is 12.3. The molecule has 0 saturated heterocycles. The van der Waals surface area contributed by atoms with Crippen molar-refractivity contribution in [1.29, 1.82) is 0 Å². The Morgan fingerprint density at radius 1 is 1.09 bits per heavy atom. The Morgan fingerprint density at radius 2 is 1.91 bits per heavy atom. The van der Waals surface area contributed by atoms with Gasteiger partial charge in [-0.15, -0.1) is 10.2 Å². The highest BCUT2D eigenvalue weighted by atomic mass is 32.2. The number of methoxy groups -OCH3 is 1. The SMILES string of the molecule is COc1ccc(-n2c(SCC(=O)N/N=C/c3cccnc3)nnc2-c2ccccc2)cc1. The van der Waals surface area contributed by atoms with E-state index >= 15 is 0 Å². The zero-order valence-electron chi connectivity index (χ0n) is 17.3. The first-order valence-electron chi connectivity index (χ1n) is 9.74. The standard InChI is InChI=1S/C23H20N6O2S/c1-31-20-11-9-19(10-12-20)29-22(18-7-3-2-4-8-18)27-28-23(29)32-16-21(30)26-25-15-17-6-5-13-24-14-17/h2-15H,16H2,1H3,(H,26,30)/b25-15+. The number of nitrogens with one attached hydrogen (secondary N) is 1. The largest absolute Gasteiger partial charge is 0.497 e. The summed E-state index contributed by atoms with van der Waals surface area (Å²) in [7, 11) is 1.62. The maximum absolute atomic E-state index is 12.3. The van der Waals surface area contributed by atoms with Crippen LogP contribution < -0.4 is 10.2 Å².